The van der Waals surface area contributed by atoms with Crippen LogP contribution in [0, 0.1) is 13.8 Å². The molecule has 0 aliphatic heterocycles. The van der Waals surface area contributed by atoms with Gasteiger partial charge in [-0.05, 0) is 62.9 Å². The molecule has 0 aliphatic carbocycles. The molecule has 0 unspecified atom stereocenters. The van der Waals surface area contributed by atoms with E-state index in [2.05, 4.69) is 5.32 Å². The first kappa shape index (κ1) is 21.5. The SMILES string of the molecule is CCOC(=O)c1c(C)c(CCC(=O)NCc2ccc(OCC)cc2)c(C)n1C. The predicted molar refractivity (Wildman–Crippen MR) is 109 cm³/mol. The lowest BCUT2D eigenvalue weighted by Crippen LogP contribution is -2.23. The number of aromatic nitrogens is 1. The van der Waals surface area contributed by atoms with E-state index in [0.717, 1.165) is 28.1 Å². The van der Waals surface area contributed by atoms with Gasteiger partial charge < -0.3 is 19.4 Å². The van der Waals surface area contributed by atoms with E-state index >= 15 is 0 Å². The van der Waals surface area contributed by atoms with Gasteiger partial charge in [-0.3, -0.25) is 4.79 Å². The van der Waals surface area contributed by atoms with Crippen LogP contribution in [-0.4, -0.2) is 29.7 Å². The number of hydrogen-bond donors (Lipinski definition) is 1. The molecule has 2 rings (SSSR count). The minimum absolute atomic E-state index is 0.0192. The molecule has 0 saturated heterocycles. The molecule has 0 saturated carbocycles. The maximum absolute atomic E-state index is 12.3. The molecule has 0 radical (unpaired) electrons. The highest BCUT2D eigenvalue weighted by atomic mass is 16.5. The van der Waals surface area contributed by atoms with Crippen LogP contribution >= 0.6 is 0 Å². The number of carbonyl (C=O) groups is 2. The van der Waals surface area contributed by atoms with Crippen molar-refractivity contribution in [2.24, 2.45) is 7.05 Å². The molecule has 152 valence electrons. The van der Waals surface area contributed by atoms with E-state index in [0.29, 0.717) is 38.3 Å². The number of carbonyl (C=O) groups excluding carboxylic acids is 2. The summed E-state index contributed by atoms with van der Waals surface area (Å²) in [5.74, 6) is 0.482. The van der Waals surface area contributed by atoms with Crippen LogP contribution in [0.4, 0.5) is 0 Å². The minimum Gasteiger partial charge on any atom is -0.494 e. The topological polar surface area (TPSA) is 69.6 Å². The molecule has 1 heterocycles. The first-order valence-electron chi connectivity index (χ1n) is 9.69. The highest BCUT2D eigenvalue weighted by Crippen LogP contribution is 2.23. The van der Waals surface area contributed by atoms with Crippen LogP contribution in [0.25, 0.3) is 0 Å². The maximum Gasteiger partial charge on any atom is 0.355 e. The zero-order chi connectivity index (χ0) is 20.7. The average molecular weight is 386 g/mol. The van der Waals surface area contributed by atoms with Crippen LogP contribution in [0.15, 0.2) is 24.3 Å². The molecule has 6 nitrogen and oxygen atoms in total. The number of amides is 1. The van der Waals surface area contributed by atoms with Crippen molar-refractivity contribution < 1.29 is 19.1 Å². The number of nitrogens with zero attached hydrogens (tertiary/aromatic N) is 1. The zero-order valence-corrected chi connectivity index (χ0v) is 17.4. The van der Waals surface area contributed by atoms with Gasteiger partial charge in [-0.2, -0.15) is 0 Å². The van der Waals surface area contributed by atoms with Crippen molar-refractivity contribution in [2.75, 3.05) is 13.2 Å². The molecular weight excluding hydrogens is 356 g/mol. The highest BCUT2D eigenvalue weighted by Gasteiger charge is 2.21. The van der Waals surface area contributed by atoms with Crippen LogP contribution in [-0.2, 0) is 29.5 Å². The van der Waals surface area contributed by atoms with Crippen molar-refractivity contribution in [1.82, 2.24) is 9.88 Å². The van der Waals surface area contributed by atoms with Crippen molar-refractivity contribution in [2.45, 2.75) is 47.1 Å². The summed E-state index contributed by atoms with van der Waals surface area (Å²) in [6.45, 7) is 9.05. The van der Waals surface area contributed by atoms with Gasteiger partial charge in [-0.1, -0.05) is 12.1 Å². The number of benzene rings is 1. The van der Waals surface area contributed by atoms with E-state index in [4.69, 9.17) is 9.47 Å². The molecule has 0 aliphatic rings. The molecule has 0 fully saturated rings. The van der Waals surface area contributed by atoms with Gasteiger partial charge >= 0.3 is 5.97 Å². The Hall–Kier alpha value is -2.76. The number of ether oxygens (including phenoxy) is 2. The Kier molecular flexibility index (Phi) is 7.67. The molecule has 0 spiro atoms. The molecule has 1 N–H and O–H groups in total. The molecule has 1 amide bonds. The summed E-state index contributed by atoms with van der Waals surface area (Å²) in [5, 5.41) is 2.95. The lowest BCUT2D eigenvalue weighted by Gasteiger charge is -2.08. The quantitative estimate of drug-likeness (QED) is 0.670. The Bertz CT molecular complexity index is 822. The first-order valence-corrected chi connectivity index (χ1v) is 9.69. The second-order valence-corrected chi connectivity index (χ2v) is 6.67. The Labute approximate surface area is 166 Å². The standard InChI is InChI=1S/C22H30N2O4/c1-6-27-18-10-8-17(9-11-18)14-23-20(25)13-12-19-15(3)21(22(26)28-7-2)24(5)16(19)4/h8-11H,6-7,12-14H2,1-5H3,(H,23,25). The summed E-state index contributed by atoms with van der Waals surface area (Å²) in [7, 11) is 1.85. The third-order valence-electron chi connectivity index (χ3n) is 4.88. The molecule has 1 aromatic heterocycles. The van der Waals surface area contributed by atoms with Gasteiger partial charge in [0.2, 0.25) is 5.91 Å². The predicted octanol–water partition coefficient (Wildman–Crippen LogP) is 3.47. The number of rotatable bonds is 9. The molecule has 28 heavy (non-hydrogen) atoms. The van der Waals surface area contributed by atoms with E-state index in [9.17, 15) is 9.59 Å². The fourth-order valence-corrected chi connectivity index (χ4v) is 3.29. The summed E-state index contributed by atoms with van der Waals surface area (Å²) in [4.78, 5) is 24.5. The Balaban J connectivity index is 1.93. The van der Waals surface area contributed by atoms with Gasteiger partial charge in [0.05, 0.1) is 13.2 Å². The molecular formula is C22H30N2O4. The third-order valence-corrected chi connectivity index (χ3v) is 4.88. The van der Waals surface area contributed by atoms with Crippen LogP contribution in [0.3, 0.4) is 0 Å². The summed E-state index contributed by atoms with van der Waals surface area (Å²) in [6.07, 6.45) is 0.949. The zero-order valence-electron chi connectivity index (χ0n) is 17.4. The number of nitrogens with one attached hydrogen (secondary N) is 1. The maximum atomic E-state index is 12.3. The van der Waals surface area contributed by atoms with Crippen LogP contribution < -0.4 is 10.1 Å². The van der Waals surface area contributed by atoms with Gasteiger partial charge in [0, 0.05) is 25.7 Å². The van der Waals surface area contributed by atoms with Crippen molar-refractivity contribution in [3.8, 4) is 5.75 Å². The molecule has 1 aromatic carbocycles. The summed E-state index contributed by atoms with van der Waals surface area (Å²) in [6, 6.07) is 7.70. The van der Waals surface area contributed by atoms with Crippen LogP contribution in [0.1, 0.15) is 53.1 Å². The molecule has 6 heteroatoms. The molecule has 0 bridgehead atoms. The normalized spacial score (nSPS) is 10.6. The summed E-state index contributed by atoms with van der Waals surface area (Å²) in [5.41, 5.74) is 4.48. The van der Waals surface area contributed by atoms with Gasteiger partial charge in [0.25, 0.3) is 0 Å². The highest BCUT2D eigenvalue weighted by molar-refractivity contribution is 5.90. The Morgan fingerprint density at radius 2 is 1.75 bits per heavy atom. The largest absolute Gasteiger partial charge is 0.494 e. The Morgan fingerprint density at radius 3 is 2.36 bits per heavy atom. The second-order valence-electron chi connectivity index (χ2n) is 6.67. The van der Waals surface area contributed by atoms with Gasteiger partial charge in [0.15, 0.2) is 0 Å². The second kappa shape index (κ2) is 9.97. The monoisotopic (exact) mass is 386 g/mol. The lowest BCUT2D eigenvalue weighted by atomic mass is 10.0. The molecule has 2 aromatic rings. The van der Waals surface area contributed by atoms with E-state index in [1.807, 2.05) is 56.7 Å². The number of hydrogen-bond acceptors (Lipinski definition) is 4. The van der Waals surface area contributed by atoms with E-state index in [1.54, 1.807) is 6.92 Å². The summed E-state index contributed by atoms with van der Waals surface area (Å²) >= 11 is 0. The van der Waals surface area contributed by atoms with Crippen molar-refractivity contribution in [3.05, 3.63) is 52.3 Å². The number of esters is 1. The van der Waals surface area contributed by atoms with Gasteiger partial charge in [-0.25, -0.2) is 4.79 Å². The smallest absolute Gasteiger partial charge is 0.355 e. The Morgan fingerprint density at radius 1 is 1.07 bits per heavy atom. The van der Waals surface area contributed by atoms with Crippen molar-refractivity contribution >= 4 is 11.9 Å². The van der Waals surface area contributed by atoms with Crippen molar-refractivity contribution in [3.63, 3.8) is 0 Å². The van der Waals surface area contributed by atoms with Gasteiger partial charge in [0.1, 0.15) is 11.4 Å². The van der Waals surface area contributed by atoms with Gasteiger partial charge in [-0.15, -0.1) is 0 Å². The fourth-order valence-electron chi connectivity index (χ4n) is 3.29. The summed E-state index contributed by atoms with van der Waals surface area (Å²) < 4.78 is 12.4. The first-order chi connectivity index (χ1) is 13.4. The van der Waals surface area contributed by atoms with E-state index in [-0.39, 0.29) is 11.9 Å². The van der Waals surface area contributed by atoms with Crippen molar-refractivity contribution in [1.29, 1.82) is 0 Å². The third kappa shape index (κ3) is 5.15. The molecule has 0 atom stereocenters. The fraction of sp³-hybridized carbons (Fsp3) is 0.455. The lowest BCUT2D eigenvalue weighted by molar-refractivity contribution is -0.121. The van der Waals surface area contributed by atoms with Crippen LogP contribution in [0.2, 0.25) is 0 Å². The van der Waals surface area contributed by atoms with E-state index < -0.39 is 0 Å². The van der Waals surface area contributed by atoms with E-state index in [1.165, 1.54) is 0 Å². The average Bonchev–Trinajstić information content (AvgIpc) is 2.88. The minimum atomic E-state index is -0.322. The van der Waals surface area contributed by atoms with Crippen LogP contribution in [0.5, 0.6) is 5.75 Å².